The van der Waals surface area contributed by atoms with E-state index in [-0.39, 0.29) is 6.54 Å². The molecule has 0 bridgehead atoms. The van der Waals surface area contributed by atoms with Crippen LogP contribution in [0.15, 0.2) is 0 Å². The van der Waals surface area contributed by atoms with Gasteiger partial charge in [-0.25, -0.2) is 0 Å². The standard InChI is InChI=1S/C7H13F3N2/c8-7(9,10)6(5-11)12-3-1-2-4-12/h6H,1-5,11H2/t6-/m1/s1. The number of likely N-dealkylation sites (tertiary alicyclic amines) is 1. The van der Waals surface area contributed by atoms with E-state index in [1.807, 2.05) is 0 Å². The Morgan fingerprint density at radius 1 is 1.25 bits per heavy atom. The second-order valence-electron chi connectivity index (χ2n) is 3.04. The van der Waals surface area contributed by atoms with Gasteiger partial charge in [0.05, 0.1) is 0 Å². The SMILES string of the molecule is NC[C@@H](N1CCCC1)C(F)(F)F. The number of halogens is 3. The smallest absolute Gasteiger partial charge is 0.329 e. The third-order valence-corrected chi connectivity index (χ3v) is 2.18. The van der Waals surface area contributed by atoms with Gasteiger partial charge in [0.2, 0.25) is 0 Å². The molecule has 1 saturated heterocycles. The lowest BCUT2D eigenvalue weighted by Gasteiger charge is -2.27. The molecule has 0 radical (unpaired) electrons. The number of hydrogen-bond donors (Lipinski definition) is 1. The van der Waals surface area contributed by atoms with E-state index in [0.29, 0.717) is 13.1 Å². The van der Waals surface area contributed by atoms with Crippen molar-refractivity contribution in [1.29, 1.82) is 0 Å². The molecule has 0 amide bonds. The zero-order valence-electron chi connectivity index (χ0n) is 6.77. The summed E-state index contributed by atoms with van der Waals surface area (Å²) in [4.78, 5) is 1.42. The Balaban J connectivity index is 2.54. The fraction of sp³-hybridized carbons (Fsp3) is 1.00. The minimum absolute atomic E-state index is 0.330. The second kappa shape index (κ2) is 3.62. The van der Waals surface area contributed by atoms with Crippen LogP contribution in [0.4, 0.5) is 13.2 Å². The van der Waals surface area contributed by atoms with Crippen molar-refractivity contribution in [3.8, 4) is 0 Å². The van der Waals surface area contributed by atoms with Crippen LogP contribution in [0.5, 0.6) is 0 Å². The Kier molecular flexibility index (Phi) is 2.95. The van der Waals surface area contributed by atoms with E-state index in [4.69, 9.17) is 5.73 Å². The van der Waals surface area contributed by atoms with Crippen LogP contribution in [0.25, 0.3) is 0 Å². The molecule has 1 aliphatic heterocycles. The number of alkyl halides is 3. The predicted molar refractivity (Wildman–Crippen MR) is 39.7 cm³/mol. The van der Waals surface area contributed by atoms with Crippen molar-refractivity contribution < 1.29 is 13.2 Å². The number of nitrogens with zero attached hydrogens (tertiary/aromatic N) is 1. The number of hydrogen-bond acceptors (Lipinski definition) is 2. The third kappa shape index (κ3) is 2.10. The molecule has 0 aromatic rings. The zero-order valence-corrected chi connectivity index (χ0v) is 6.77. The van der Waals surface area contributed by atoms with Crippen LogP contribution in [0.1, 0.15) is 12.8 Å². The summed E-state index contributed by atoms with van der Waals surface area (Å²) in [5.41, 5.74) is 5.08. The molecule has 5 heteroatoms. The van der Waals surface area contributed by atoms with Gasteiger partial charge in [-0.1, -0.05) is 0 Å². The topological polar surface area (TPSA) is 29.3 Å². The zero-order chi connectivity index (χ0) is 9.19. The van der Waals surface area contributed by atoms with Crippen LogP contribution < -0.4 is 5.73 Å². The largest absolute Gasteiger partial charge is 0.405 e. The molecule has 0 aromatic heterocycles. The van der Waals surface area contributed by atoms with Crippen molar-refractivity contribution in [2.45, 2.75) is 25.1 Å². The molecule has 1 atom stereocenters. The highest BCUT2D eigenvalue weighted by Gasteiger charge is 2.43. The average molecular weight is 182 g/mol. The van der Waals surface area contributed by atoms with E-state index < -0.39 is 12.2 Å². The van der Waals surface area contributed by atoms with Gasteiger partial charge in [0.15, 0.2) is 0 Å². The lowest BCUT2D eigenvalue weighted by molar-refractivity contribution is -0.178. The Hall–Kier alpha value is -0.290. The van der Waals surface area contributed by atoms with Gasteiger partial charge in [0.1, 0.15) is 6.04 Å². The summed E-state index contributed by atoms with van der Waals surface area (Å²) in [5.74, 6) is 0. The van der Waals surface area contributed by atoms with E-state index in [1.165, 1.54) is 4.90 Å². The van der Waals surface area contributed by atoms with Crippen LogP contribution in [0, 0.1) is 0 Å². The van der Waals surface area contributed by atoms with Crippen molar-refractivity contribution in [3.63, 3.8) is 0 Å². The fourth-order valence-electron chi connectivity index (χ4n) is 1.54. The summed E-state index contributed by atoms with van der Waals surface area (Å²) in [6.07, 6.45) is -2.46. The Labute approximate surface area is 69.5 Å². The van der Waals surface area contributed by atoms with Gasteiger partial charge in [0.25, 0.3) is 0 Å². The van der Waals surface area contributed by atoms with Gasteiger partial charge in [-0.3, -0.25) is 4.90 Å². The first kappa shape index (κ1) is 9.80. The monoisotopic (exact) mass is 182 g/mol. The third-order valence-electron chi connectivity index (χ3n) is 2.18. The van der Waals surface area contributed by atoms with Crippen molar-refractivity contribution in [2.24, 2.45) is 5.73 Å². The van der Waals surface area contributed by atoms with E-state index in [1.54, 1.807) is 0 Å². The minimum atomic E-state index is -4.17. The van der Waals surface area contributed by atoms with Crippen molar-refractivity contribution in [1.82, 2.24) is 4.90 Å². The molecule has 0 aliphatic carbocycles. The second-order valence-corrected chi connectivity index (χ2v) is 3.04. The van der Waals surface area contributed by atoms with Gasteiger partial charge in [-0.2, -0.15) is 13.2 Å². The normalized spacial score (nSPS) is 23.0. The van der Waals surface area contributed by atoms with Crippen LogP contribution in [-0.4, -0.2) is 36.8 Å². The van der Waals surface area contributed by atoms with Gasteiger partial charge < -0.3 is 5.73 Å². The quantitative estimate of drug-likeness (QED) is 0.689. The fourth-order valence-corrected chi connectivity index (χ4v) is 1.54. The molecule has 0 spiro atoms. The van der Waals surface area contributed by atoms with Gasteiger partial charge in [-0.05, 0) is 25.9 Å². The predicted octanol–water partition coefficient (Wildman–Crippen LogP) is 0.972. The summed E-state index contributed by atoms with van der Waals surface area (Å²) < 4.78 is 36.8. The van der Waals surface area contributed by atoms with Gasteiger partial charge >= 0.3 is 6.18 Å². The number of nitrogens with two attached hydrogens (primary N) is 1. The Bertz CT molecular complexity index is 140. The summed E-state index contributed by atoms with van der Waals surface area (Å²) in [6.45, 7) is 0.728. The molecule has 0 saturated carbocycles. The molecule has 2 nitrogen and oxygen atoms in total. The Morgan fingerprint density at radius 2 is 1.75 bits per heavy atom. The van der Waals surface area contributed by atoms with Crippen LogP contribution in [0.3, 0.4) is 0 Å². The molecule has 1 aliphatic rings. The lowest BCUT2D eigenvalue weighted by Crippen LogP contribution is -2.48. The highest BCUT2D eigenvalue weighted by atomic mass is 19.4. The minimum Gasteiger partial charge on any atom is -0.329 e. The summed E-state index contributed by atoms with van der Waals surface area (Å²) in [5, 5.41) is 0. The van der Waals surface area contributed by atoms with Crippen molar-refractivity contribution in [3.05, 3.63) is 0 Å². The van der Waals surface area contributed by atoms with E-state index in [2.05, 4.69) is 0 Å². The molecule has 12 heavy (non-hydrogen) atoms. The molecule has 0 aromatic carbocycles. The molecule has 1 heterocycles. The maximum Gasteiger partial charge on any atom is 0.405 e. The lowest BCUT2D eigenvalue weighted by atomic mass is 10.2. The Morgan fingerprint density at radius 3 is 2.08 bits per heavy atom. The van der Waals surface area contributed by atoms with Crippen LogP contribution in [0.2, 0.25) is 0 Å². The van der Waals surface area contributed by atoms with Crippen LogP contribution in [-0.2, 0) is 0 Å². The van der Waals surface area contributed by atoms with E-state index in [9.17, 15) is 13.2 Å². The van der Waals surface area contributed by atoms with Crippen molar-refractivity contribution in [2.75, 3.05) is 19.6 Å². The first-order valence-electron chi connectivity index (χ1n) is 4.06. The molecule has 72 valence electrons. The first-order chi connectivity index (χ1) is 5.55. The average Bonchev–Trinajstić information content (AvgIpc) is 2.38. The van der Waals surface area contributed by atoms with Gasteiger partial charge in [0, 0.05) is 6.54 Å². The van der Waals surface area contributed by atoms with Crippen LogP contribution >= 0.6 is 0 Å². The highest BCUT2D eigenvalue weighted by Crippen LogP contribution is 2.26. The maximum atomic E-state index is 12.3. The summed E-state index contributed by atoms with van der Waals surface area (Å²) in [7, 11) is 0. The number of rotatable bonds is 2. The highest BCUT2D eigenvalue weighted by molar-refractivity contribution is 4.82. The first-order valence-corrected chi connectivity index (χ1v) is 4.06. The maximum absolute atomic E-state index is 12.3. The van der Waals surface area contributed by atoms with E-state index >= 15 is 0 Å². The summed E-state index contributed by atoms with van der Waals surface area (Å²) >= 11 is 0. The van der Waals surface area contributed by atoms with Crippen molar-refractivity contribution >= 4 is 0 Å². The van der Waals surface area contributed by atoms with E-state index in [0.717, 1.165) is 12.8 Å². The molecule has 1 rings (SSSR count). The van der Waals surface area contributed by atoms with Gasteiger partial charge in [-0.15, -0.1) is 0 Å². The molecular weight excluding hydrogens is 169 g/mol. The molecular formula is C7H13F3N2. The molecule has 2 N–H and O–H groups in total. The molecule has 0 unspecified atom stereocenters. The summed E-state index contributed by atoms with van der Waals surface area (Å²) in [6, 6.07) is -1.43. The molecule has 1 fully saturated rings.